The van der Waals surface area contributed by atoms with Crippen LogP contribution in [0.5, 0.6) is 0 Å². The molecule has 0 nitrogen and oxygen atoms in total. The maximum atomic E-state index is 12.1. The summed E-state index contributed by atoms with van der Waals surface area (Å²) >= 11 is 0. The van der Waals surface area contributed by atoms with Gasteiger partial charge in [0.15, 0.2) is 0 Å². The molecule has 0 spiro atoms. The molecule has 0 saturated carbocycles. The first-order valence-corrected chi connectivity index (χ1v) is 3.46. The summed E-state index contributed by atoms with van der Waals surface area (Å²) in [6.45, 7) is -1.28. The number of halogens is 2. The Morgan fingerprint density at radius 2 is 1.73 bits per heavy atom. The van der Waals surface area contributed by atoms with Crippen LogP contribution >= 0.6 is 0 Å². The van der Waals surface area contributed by atoms with E-state index in [0.29, 0.717) is 5.56 Å². The van der Waals surface area contributed by atoms with Crippen molar-refractivity contribution >= 4 is 0 Å². The minimum absolute atomic E-state index is 0.593. The Kier molecular flexibility index (Phi) is 3.02. The lowest BCUT2D eigenvalue weighted by molar-refractivity contribution is 0.353. The molecule has 0 heterocycles. The van der Waals surface area contributed by atoms with Crippen LogP contribution in [-0.4, -0.2) is 13.3 Å². The van der Waals surface area contributed by atoms with Crippen molar-refractivity contribution in [3.63, 3.8) is 0 Å². The van der Waals surface area contributed by atoms with Crippen molar-refractivity contribution in [2.45, 2.75) is 5.92 Å². The van der Waals surface area contributed by atoms with E-state index in [2.05, 4.69) is 6.07 Å². The molecular formula is C9H9F2. The van der Waals surface area contributed by atoms with E-state index in [1.165, 1.54) is 0 Å². The maximum absolute atomic E-state index is 12.1. The molecule has 0 amide bonds. The predicted molar refractivity (Wildman–Crippen MR) is 40.0 cm³/mol. The molecule has 0 unspecified atom stereocenters. The lowest BCUT2D eigenvalue weighted by Crippen LogP contribution is -2.02. The van der Waals surface area contributed by atoms with Crippen LogP contribution in [0.1, 0.15) is 11.5 Å². The molecule has 0 saturated heterocycles. The van der Waals surface area contributed by atoms with Crippen molar-refractivity contribution in [2.75, 3.05) is 13.3 Å². The first kappa shape index (κ1) is 8.18. The molecular weight excluding hydrogens is 146 g/mol. The average molecular weight is 155 g/mol. The van der Waals surface area contributed by atoms with Crippen LogP contribution in [-0.2, 0) is 0 Å². The van der Waals surface area contributed by atoms with Gasteiger partial charge in [-0.15, -0.1) is 0 Å². The molecule has 0 aliphatic carbocycles. The van der Waals surface area contributed by atoms with Crippen molar-refractivity contribution in [2.24, 2.45) is 0 Å². The maximum Gasteiger partial charge on any atom is 0.0988 e. The van der Waals surface area contributed by atoms with Crippen molar-refractivity contribution in [3.8, 4) is 0 Å². The third kappa shape index (κ3) is 2.00. The van der Waals surface area contributed by atoms with Crippen LogP contribution in [0.3, 0.4) is 0 Å². The van der Waals surface area contributed by atoms with E-state index in [1.807, 2.05) is 0 Å². The second-order valence-corrected chi connectivity index (χ2v) is 2.34. The molecule has 1 aromatic rings. The third-order valence-corrected chi connectivity index (χ3v) is 1.59. The largest absolute Gasteiger partial charge is 0.250 e. The highest BCUT2D eigenvalue weighted by molar-refractivity contribution is 5.18. The zero-order valence-corrected chi connectivity index (χ0v) is 6.06. The number of rotatable bonds is 3. The first-order chi connectivity index (χ1) is 5.38. The molecule has 2 heteroatoms. The highest BCUT2D eigenvalue weighted by atomic mass is 19.1. The summed E-state index contributed by atoms with van der Waals surface area (Å²) in [6, 6.07) is 9.48. The number of alkyl halides is 2. The Hall–Kier alpha value is -0.920. The first-order valence-electron chi connectivity index (χ1n) is 3.46. The lowest BCUT2D eigenvalue weighted by Gasteiger charge is -2.07. The van der Waals surface area contributed by atoms with Gasteiger partial charge in [0.25, 0.3) is 0 Å². The quantitative estimate of drug-likeness (QED) is 0.629. The predicted octanol–water partition coefficient (Wildman–Crippen LogP) is 2.51. The molecule has 11 heavy (non-hydrogen) atoms. The highest BCUT2D eigenvalue weighted by Gasteiger charge is 2.09. The summed E-state index contributed by atoms with van der Waals surface area (Å²) in [4.78, 5) is 0. The summed E-state index contributed by atoms with van der Waals surface area (Å²) in [5, 5.41) is 0. The van der Waals surface area contributed by atoms with Crippen molar-refractivity contribution in [3.05, 3.63) is 35.9 Å². The highest BCUT2D eigenvalue weighted by Crippen LogP contribution is 2.15. The molecule has 0 bridgehead atoms. The van der Waals surface area contributed by atoms with Crippen LogP contribution in [0, 0.1) is 6.07 Å². The van der Waals surface area contributed by atoms with Crippen molar-refractivity contribution in [1.82, 2.24) is 0 Å². The van der Waals surface area contributed by atoms with Gasteiger partial charge in [-0.25, -0.2) is 0 Å². The summed E-state index contributed by atoms with van der Waals surface area (Å²) in [7, 11) is 0. The van der Waals surface area contributed by atoms with Gasteiger partial charge >= 0.3 is 0 Å². The van der Waals surface area contributed by atoms with E-state index in [1.54, 1.807) is 24.3 Å². The van der Waals surface area contributed by atoms with Gasteiger partial charge < -0.3 is 0 Å². The molecule has 1 rings (SSSR count). The van der Waals surface area contributed by atoms with Gasteiger partial charge in [0, 0.05) is 5.92 Å². The minimum Gasteiger partial charge on any atom is -0.250 e. The smallest absolute Gasteiger partial charge is 0.0988 e. The number of hydrogen-bond donors (Lipinski definition) is 0. The molecule has 1 aromatic carbocycles. The standard InChI is InChI=1S/C9H9F2/c10-6-9(7-11)8-4-2-1-3-5-8/h2-5,9H,6-7H2. The fourth-order valence-corrected chi connectivity index (χ4v) is 0.891. The molecule has 0 aliphatic heterocycles. The van der Waals surface area contributed by atoms with Gasteiger partial charge in [0.2, 0.25) is 0 Å². The molecule has 0 N–H and O–H groups in total. The molecule has 0 aliphatic rings. The van der Waals surface area contributed by atoms with Gasteiger partial charge in [0.1, 0.15) is 0 Å². The Morgan fingerprint density at radius 3 is 2.18 bits per heavy atom. The monoisotopic (exact) mass is 155 g/mol. The minimum atomic E-state index is -0.638. The summed E-state index contributed by atoms with van der Waals surface area (Å²) < 4.78 is 24.2. The van der Waals surface area contributed by atoms with Gasteiger partial charge in [0.05, 0.1) is 13.3 Å². The SMILES string of the molecule is FCC(CF)c1cc[c]cc1. The van der Waals surface area contributed by atoms with Crippen LogP contribution in [0.25, 0.3) is 0 Å². The van der Waals surface area contributed by atoms with Gasteiger partial charge in [-0.2, -0.15) is 0 Å². The van der Waals surface area contributed by atoms with Gasteiger partial charge in [-0.1, -0.05) is 24.3 Å². The fourth-order valence-electron chi connectivity index (χ4n) is 0.891. The summed E-state index contributed by atoms with van der Waals surface area (Å²) in [5.74, 6) is -0.593. The molecule has 0 fully saturated rings. The second kappa shape index (κ2) is 4.06. The zero-order chi connectivity index (χ0) is 8.10. The Bertz CT molecular complexity index is 192. The number of hydrogen-bond acceptors (Lipinski definition) is 0. The van der Waals surface area contributed by atoms with Crippen LogP contribution in [0.4, 0.5) is 8.78 Å². The normalized spacial score (nSPS) is 10.5. The van der Waals surface area contributed by atoms with Gasteiger partial charge in [-0.05, 0) is 11.6 Å². The van der Waals surface area contributed by atoms with Crippen molar-refractivity contribution < 1.29 is 8.78 Å². The zero-order valence-electron chi connectivity index (χ0n) is 6.06. The molecule has 0 aromatic heterocycles. The summed E-state index contributed by atoms with van der Waals surface area (Å²) in [6.07, 6.45) is 0. The van der Waals surface area contributed by atoms with E-state index in [-0.39, 0.29) is 0 Å². The average Bonchev–Trinajstić information content (AvgIpc) is 2.09. The topological polar surface area (TPSA) is 0 Å². The van der Waals surface area contributed by atoms with E-state index in [9.17, 15) is 8.78 Å². The van der Waals surface area contributed by atoms with E-state index >= 15 is 0 Å². The molecule has 1 radical (unpaired) electrons. The van der Waals surface area contributed by atoms with Gasteiger partial charge in [-0.3, -0.25) is 8.78 Å². The lowest BCUT2D eigenvalue weighted by atomic mass is 10.0. The number of benzene rings is 1. The summed E-state index contributed by atoms with van der Waals surface area (Å²) in [5.41, 5.74) is 0.703. The molecule has 59 valence electrons. The second-order valence-electron chi connectivity index (χ2n) is 2.34. The van der Waals surface area contributed by atoms with Crippen LogP contribution < -0.4 is 0 Å². The van der Waals surface area contributed by atoms with E-state index < -0.39 is 19.3 Å². The van der Waals surface area contributed by atoms with E-state index in [0.717, 1.165) is 0 Å². The van der Waals surface area contributed by atoms with Crippen molar-refractivity contribution in [1.29, 1.82) is 0 Å². The van der Waals surface area contributed by atoms with E-state index in [4.69, 9.17) is 0 Å². The fraction of sp³-hybridized carbons (Fsp3) is 0.333. The van der Waals surface area contributed by atoms with Crippen LogP contribution in [0.15, 0.2) is 24.3 Å². The van der Waals surface area contributed by atoms with Crippen LogP contribution in [0.2, 0.25) is 0 Å². The Morgan fingerprint density at radius 1 is 1.18 bits per heavy atom. The molecule has 0 atom stereocenters. The third-order valence-electron chi connectivity index (χ3n) is 1.59. The Labute approximate surface area is 64.9 Å². The Balaban J connectivity index is 2.74.